The van der Waals surface area contributed by atoms with Crippen LogP contribution in [0, 0.1) is 0 Å². The van der Waals surface area contributed by atoms with Crippen LogP contribution in [0.25, 0.3) is 0 Å². The topological polar surface area (TPSA) is 89.6 Å². The molecule has 8 nitrogen and oxygen atoms in total. The number of H-pyrrole nitrogens is 1. The number of rotatable bonds is 5. The number of aromatic amines is 1. The molecule has 0 spiro atoms. The molecule has 0 aliphatic carbocycles. The number of nitrogens with one attached hydrogen (secondary N) is 1. The number of carbonyl (C=O) groups is 2. The summed E-state index contributed by atoms with van der Waals surface area (Å²) in [5, 5.41) is 0. The van der Waals surface area contributed by atoms with E-state index in [0.717, 1.165) is 31.5 Å². The average Bonchev–Trinajstić information content (AvgIpc) is 3.11. The van der Waals surface area contributed by atoms with Crippen molar-refractivity contribution in [1.82, 2.24) is 24.7 Å². The molecule has 0 aromatic carbocycles. The van der Waals surface area contributed by atoms with Crippen LogP contribution in [0.3, 0.4) is 0 Å². The Hall–Kier alpha value is -2.22. The van der Waals surface area contributed by atoms with Crippen LogP contribution in [0.4, 0.5) is 0 Å². The first-order valence-electron chi connectivity index (χ1n) is 9.74. The first-order valence-corrected chi connectivity index (χ1v) is 9.74. The van der Waals surface area contributed by atoms with Crippen LogP contribution in [-0.2, 0) is 22.6 Å². The van der Waals surface area contributed by atoms with Gasteiger partial charge in [0.2, 0.25) is 11.8 Å². The van der Waals surface area contributed by atoms with Gasteiger partial charge in [-0.25, -0.2) is 4.98 Å². The lowest BCUT2D eigenvalue weighted by Gasteiger charge is -2.30. The van der Waals surface area contributed by atoms with Crippen molar-refractivity contribution < 1.29 is 9.59 Å². The van der Waals surface area contributed by atoms with E-state index < -0.39 is 0 Å². The maximum Gasteiger partial charge on any atom is 0.256 e. The van der Waals surface area contributed by atoms with Crippen LogP contribution in [0.5, 0.6) is 0 Å². The average molecular weight is 375 g/mol. The summed E-state index contributed by atoms with van der Waals surface area (Å²) < 4.78 is 0. The fourth-order valence-electron chi connectivity index (χ4n) is 3.89. The molecule has 1 fully saturated rings. The SMILES string of the molecule is CCCC(=O)N1CCC[C@@H]1c1nc2c(c(=O)[nH]1)CN(C(=O)CN(C)C)CC2. The Balaban J connectivity index is 1.81. The van der Waals surface area contributed by atoms with Crippen molar-refractivity contribution in [3.63, 3.8) is 0 Å². The minimum atomic E-state index is -0.188. The monoisotopic (exact) mass is 375 g/mol. The predicted molar refractivity (Wildman–Crippen MR) is 101 cm³/mol. The summed E-state index contributed by atoms with van der Waals surface area (Å²) in [6.45, 7) is 3.91. The van der Waals surface area contributed by atoms with Gasteiger partial charge in [-0.15, -0.1) is 0 Å². The van der Waals surface area contributed by atoms with E-state index in [2.05, 4.69) is 4.98 Å². The second-order valence-corrected chi connectivity index (χ2v) is 7.67. The molecule has 0 saturated carbocycles. The fraction of sp³-hybridized carbons (Fsp3) is 0.684. The summed E-state index contributed by atoms with van der Waals surface area (Å²) >= 11 is 0. The van der Waals surface area contributed by atoms with Crippen molar-refractivity contribution in [3.8, 4) is 0 Å². The molecule has 2 aliphatic rings. The molecular weight excluding hydrogens is 346 g/mol. The first kappa shape index (κ1) is 19.5. The Morgan fingerprint density at radius 3 is 2.74 bits per heavy atom. The molecule has 27 heavy (non-hydrogen) atoms. The maximum absolute atomic E-state index is 12.7. The maximum atomic E-state index is 12.7. The molecule has 3 rings (SSSR count). The van der Waals surface area contributed by atoms with Crippen LogP contribution >= 0.6 is 0 Å². The Morgan fingerprint density at radius 1 is 1.26 bits per heavy atom. The zero-order chi connectivity index (χ0) is 19.6. The Labute approximate surface area is 159 Å². The van der Waals surface area contributed by atoms with Crippen molar-refractivity contribution in [3.05, 3.63) is 27.4 Å². The highest BCUT2D eigenvalue weighted by Gasteiger charge is 2.33. The van der Waals surface area contributed by atoms with Crippen molar-refractivity contribution in [2.45, 2.75) is 51.6 Å². The highest BCUT2D eigenvalue weighted by molar-refractivity contribution is 5.78. The third kappa shape index (κ3) is 4.21. The normalized spacial score (nSPS) is 19.5. The number of hydrogen-bond acceptors (Lipinski definition) is 5. The van der Waals surface area contributed by atoms with Crippen molar-refractivity contribution in [2.75, 3.05) is 33.7 Å². The number of carbonyl (C=O) groups excluding carboxylic acids is 2. The molecule has 1 N–H and O–H groups in total. The van der Waals surface area contributed by atoms with Crippen LogP contribution in [0.2, 0.25) is 0 Å². The Bertz CT molecular complexity index is 773. The first-order chi connectivity index (χ1) is 12.9. The van der Waals surface area contributed by atoms with E-state index in [1.54, 1.807) is 4.90 Å². The predicted octanol–water partition coefficient (Wildman–Crippen LogP) is 0.680. The van der Waals surface area contributed by atoms with E-state index in [1.807, 2.05) is 30.8 Å². The summed E-state index contributed by atoms with van der Waals surface area (Å²) in [5.41, 5.74) is 1.14. The van der Waals surface area contributed by atoms with Crippen LogP contribution < -0.4 is 5.56 Å². The smallest absolute Gasteiger partial charge is 0.256 e. The van der Waals surface area contributed by atoms with Gasteiger partial charge in [-0.1, -0.05) is 6.92 Å². The summed E-state index contributed by atoms with van der Waals surface area (Å²) in [6, 6.07) is -0.143. The Morgan fingerprint density at radius 2 is 2.04 bits per heavy atom. The van der Waals surface area contributed by atoms with E-state index in [0.29, 0.717) is 43.9 Å². The second kappa shape index (κ2) is 8.21. The van der Waals surface area contributed by atoms with Gasteiger partial charge in [0.1, 0.15) is 5.82 Å². The van der Waals surface area contributed by atoms with Crippen LogP contribution in [0.15, 0.2) is 4.79 Å². The lowest BCUT2D eigenvalue weighted by atomic mass is 10.1. The molecule has 0 bridgehead atoms. The summed E-state index contributed by atoms with van der Waals surface area (Å²) in [5.74, 6) is 0.732. The van der Waals surface area contributed by atoms with Crippen LogP contribution in [0.1, 0.15) is 55.7 Å². The summed E-state index contributed by atoms with van der Waals surface area (Å²) in [6.07, 6.45) is 3.65. The molecule has 1 saturated heterocycles. The van der Waals surface area contributed by atoms with Gasteiger partial charge in [-0.3, -0.25) is 14.4 Å². The van der Waals surface area contributed by atoms with Gasteiger partial charge in [0.05, 0.1) is 30.4 Å². The number of aromatic nitrogens is 2. The molecule has 8 heteroatoms. The van der Waals surface area contributed by atoms with E-state index >= 15 is 0 Å². The van der Waals surface area contributed by atoms with Gasteiger partial charge in [0, 0.05) is 25.9 Å². The van der Waals surface area contributed by atoms with Gasteiger partial charge in [0.25, 0.3) is 5.56 Å². The van der Waals surface area contributed by atoms with Gasteiger partial charge in [0.15, 0.2) is 0 Å². The van der Waals surface area contributed by atoms with Gasteiger partial charge in [-0.2, -0.15) is 0 Å². The molecule has 0 unspecified atom stereocenters. The molecule has 2 aliphatic heterocycles. The lowest BCUT2D eigenvalue weighted by Crippen LogP contribution is -2.43. The summed E-state index contributed by atoms with van der Waals surface area (Å²) in [7, 11) is 3.70. The fourth-order valence-corrected chi connectivity index (χ4v) is 3.89. The molecular formula is C19H29N5O3. The zero-order valence-electron chi connectivity index (χ0n) is 16.5. The molecule has 1 aromatic heterocycles. The standard InChI is InChI=1S/C19H29N5O3/c1-4-6-16(25)24-9-5-7-15(24)18-20-14-8-10-23(17(26)12-22(2)3)11-13(14)19(27)21-18/h15H,4-12H2,1-3H3,(H,20,21,27)/t15-/m1/s1. The van der Waals surface area contributed by atoms with Crippen molar-refractivity contribution in [1.29, 1.82) is 0 Å². The van der Waals surface area contributed by atoms with Gasteiger partial charge in [-0.05, 0) is 33.4 Å². The van der Waals surface area contributed by atoms with Crippen LogP contribution in [-0.4, -0.2) is 70.2 Å². The number of nitrogens with zero attached hydrogens (tertiary/aromatic N) is 4. The lowest BCUT2D eigenvalue weighted by molar-refractivity contribution is -0.133. The Kier molecular flexibility index (Phi) is 5.94. The van der Waals surface area contributed by atoms with E-state index in [9.17, 15) is 14.4 Å². The highest BCUT2D eigenvalue weighted by Crippen LogP contribution is 2.30. The second-order valence-electron chi connectivity index (χ2n) is 7.67. The third-order valence-corrected chi connectivity index (χ3v) is 5.24. The molecule has 1 atom stereocenters. The molecule has 0 radical (unpaired) electrons. The number of likely N-dealkylation sites (tertiary alicyclic amines) is 1. The number of hydrogen-bond donors (Lipinski definition) is 1. The quantitative estimate of drug-likeness (QED) is 0.817. The minimum absolute atomic E-state index is 0.0151. The number of amides is 2. The van der Waals surface area contributed by atoms with Gasteiger partial charge >= 0.3 is 0 Å². The van der Waals surface area contributed by atoms with Gasteiger partial charge < -0.3 is 19.7 Å². The number of likely N-dealkylation sites (N-methyl/N-ethyl adjacent to an activating group) is 1. The minimum Gasteiger partial charge on any atom is -0.337 e. The molecule has 1 aromatic rings. The third-order valence-electron chi connectivity index (χ3n) is 5.24. The van der Waals surface area contributed by atoms with Crippen molar-refractivity contribution in [2.24, 2.45) is 0 Å². The molecule has 3 heterocycles. The zero-order valence-corrected chi connectivity index (χ0v) is 16.5. The van der Waals surface area contributed by atoms with E-state index in [1.165, 1.54) is 0 Å². The summed E-state index contributed by atoms with van der Waals surface area (Å²) in [4.78, 5) is 50.3. The van der Waals surface area contributed by atoms with E-state index in [4.69, 9.17) is 4.98 Å². The molecule has 148 valence electrons. The van der Waals surface area contributed by atoms with Crippen molar-refractivity contribution >= 4 is 11.8 Å². The largest absolute Gasteiger partial charge is 0.337 e. The highest BCUT2D eigenvalue weighted by atomic mass is 16.2. The number of fused-ring (bicyclic) bond motifs is 1. The molecule has 2 amide bonds. The van der Waals surface area contributed by atoms with E-state index in [-0.39, 0.29) is 23.4 Å².